The van der Waals surface area contributed by atoms with E-state index < -0.39 is 0 Å². The van der Waals surface area contributed by atoms with Crippen LogP contribution in [0.4, 0.5) is 0 Å². The van der Waals surface area contributed by atoms with Crippen LogP contribution in [0.3, 0.4) is 0 Å². The summed E-state index contributed by atoms with van der Waals surface area (Å²) in [7, 11) is 5.14. The van der Waals surface area contributed by atoms with Crippen LogP contribution >= 0.6 is 0 Å². The van der Waals surface area contributed by atoms with Crippen molar-refractivity contribution in [2.45, 2.75) is 13.3 Å². The van der Waals surface area contributed by atoms with Crippen molar-refractivity contribution < 1.29 is 14.3 Å². The Bertz CT molecular complexity index is 504. The SMILES string of the molecule is COc1cccc(CC(=O)C(=CN(C)C)C(C)=O)c1. The van der Waals surface area contributed by atoms with Crippen molar-refractivity contribution in [3.8, 4) is 5.75 Å². The molecule has 0 radical (unpaired) electrons. The Balaban J connectivity index is 2.90. The number of ketones is 2. The third-order valence-corrected chi connectivity index (χ3v) is 2.57. The maximum Gasteiger partial charge on any atom is 0.172 e. The molecule has 0 unspecified atom stereocenters. The summed E-state index contributed by atoms with van der Waals surface area (Å²) in [4.78, 5) is 25.3. The summed E-state index contributed by atoms with van der Waals surface area (Å²) in [5.74, 6) is 0.294. The van der Waals surface area contributed by atoms with Crippen LogP contribution in [0.25, 0.3) is 0 Å². The molecule has 0 saturated heterocycles. The molecule has 0 aliphatic carbocycles. The van der Waals surface area contributed by atoms with Crippen molar-refractivity contribution in [1.82, 2.24) is 4.90 Å². The van der Waals surface area contributed by atoms with Gasteiger partial charge in [-0.2, -0.15) is 0 Å². The Kier molecular flexibility index (Phi) is 5.30. The minimum Gasteiger partial charge on any atom is -0.497 e. The van der Waals surface area contributed by atoms with Crippen molar-refractivity contribution in [1.29, 1.82) is 0 Å². The zero-order chi connectivity index (χ0) is 14.4. The summed E-state index contributed by atoms with van der Waals surface area (Å²) < 4.78 is 5.11. The van der Waals surface area contributed by atoms with Gasteiger partial charge in [-0.25, -0.2) is 0 Å². The highest BCUT2D eigenvalue weighted by atomic mass is 16.5. The number of methoxy groups -OCH3 is 1. The lowest BCUT2D eigenvalue weighted by atomic mass is 10.0. The van der Waals surface area contributed by atoms with Crippen molar-refractivity contribution in [3.63, 3.8) is 0 Å². The molecule has 0 aromatic heterocycles. The first-order valence-corrected chi connectivity index (χ1v) is 5.99. The van der Waals surface area contributed by atoms with E-state index in [4.69, 9.17) is 4.74 Å². The summed E-state index contributed by atoms with van der Waals surface area (Å²) in [5.41, 5.74) is 1.04. The minimum atomic E-state index is -0.221. The van der Waals surface area contributed by atoms with Crippen molar-refractivity contribution >= 4 is 11.6 Å². The van der Waals surface area contributed by atoms with Gasteiger partial charge in [-0.15, -0.1) is 0 Å². The van der Waals surface area contributed by atoms with E-state index in [9.17, 15) is 9.59 Å². The highest BCUT2D eigenvalue weighted by Crippen LogP contribution is 2.14. The second-order valence-corrected chi connectivity index (χ2v) is 4.51. The number of ether oxygens (including phenoxy) is 1. The Morgan fingerprint density at radius 2 is 2.00 bits per heavy atom. The fourth-order valence-electron chi connectivity index (χ4n) is 1.68. The number of carbonyl (C=O) groups is 2. The quantitative estimate of drug-likeness (QED) is 0.445. The van der Waals surface area contributed by atoms with Gasteiger partial charge in [0.25, 0.3) is 0 Å². The number of Topliss-reactive ketones (excluding diaryl/α,β-unsaturated/α-hetero) is 2. The molecule has 1 aromatic rings. The number of nitrogens with zero attached hydrogens (tertiary/aromatic N) is 1. The van der Waals surface area contributed by atoms with E-state index in [-0.39, 0.29) is 23.6 Å². The maximum absolute atomic E-state index is 12.1. The van der Waals surface area contributed by atoms with E-state index in [1.54, 1.807) is 38.4 Å². The Morgan fingerprint density at radius 1 is 1.32 bits per heavy atom. The Labute approximate surface area is 113 Å². The monoisotopic (exact) mass is 261 g/mol. The smallest absolute Gasteiger partial charge is 0.172 e. The van der Waals surface area contributed by atoms with Gasteiger partial charge in [-0.1, -0.05) is 12.1 Å². The normalized spacial score (nSPS) is 11.1. The molecule has 1 rings (SSSR count). The van der Waals surface area contributed by atoms with Gasteiger partial charge in [0.1, 0.15) is 5.75 Å². The van der Waals surface area contributed by atoms with Gasteiger partial charge >= 0.3 is 0 Å². The molecule has 4 heteroatoms. The van der Waals surface area contributed by atoms with E-state index >= 15 is 0 Å². The van der Waals surface area contributed by atoms with Crippen LogP contribution in [0, 0.1) is 0 Å². The number of hydrogen-bond donors (Lipinski definition) is 0. The van der Waals surface area contributed by atoms with Gasteiger partial charge in [-0.05, 0) is 24.6 Å². The molecule has 0 amide bonds. The highest BCUT2D eigenvalue weighted by Gasteiger charge is 2.15. The summed E-state index contributed by atoms with van der Waals surface area (Å²) in [6.45, 7) is 1.40. The molecule has 0 spiro atoms. The van der Waals surface area contributed by atoms with Crippen LogP contribution in [0.5, 0.6) is 5.75 Å². The highest BCUT2D eigenvalue weighted by molar-refractivity contribution is 6.19. The summed E-state index contributed by atoms with van der Waals surface area (Å²) in [5, 5.41) is 0. The van der Waals surface area contributed by atoms with Gasteiger partial charge < -0.3 is 9.64 Å². The second kappa shape index (κ2) is 6.73. The summed E-state index contributed by atoms with van der Waals surface area (Å²) in [6.07, 6.45) is 1.75. The predicted molar refractivity (Wildman–Crippen MR) is 74.2 cm³/mol. The fraction of sp³-hybridized carbons (Fsp3) is 0.333. The molecule has 0 heterocycles. The molecule has 0 N–H and O–H groups in total. The number of carbonyl (C=O) groups excluding carboxylic acids is 2. The predicted octanol–water partition coefficient (Wildman–Crippen LogP) is 1.84. The molecule has 0 atom stereocenters. The third kappa shape index (κ3) is 4.58. The lowest BCUT2D eigenvalue weighted by Gasteiger charge is -2.09. The topological polar surface area (TPSA) is 46.6 Å². The van der Waals surface area contributed by atoms with Gasteiger partial charge in [0.05, 0.1) is 12.7 Å². The molecular formula is C15H19NO3. The molecule has 0 aliphatic heterocycles. The van der Waals surface area contributed by atoms with Crippen molar-refractivity contribution in [3.05, 3.63) is 41.6 Å². The molecule has 0 bridgehead atoms. The van der Waals surface area contributed by atoms with Crippen LogP contribution in [-0.2, 0) is 16.0 Å². The average molecular weight is 261 g/mol. The summed E-state index contributed by atoms with van der Waals surface area (Å²) >= 11 is 0. The summed E-state index contributed by atoms with van der Waals surface area (Å²) in [6, 6.07) is 7.28. The molecule has 4 nitrogen and oxygen atoms in total. The average Bonchev–Trinajstić information content (AvgIpc) is 2.35. The van der Waals surface area contributed by atoms with E-state index in [2.05, 4.69) is 0 Å². The molecule has 1 aromatic carbocycles. The first kappa shape index (κ1) is 15.0. The van der Waals surface area contributed by atoms with E-state index in [1.807, 2.05) is 18.2 Å². The molecular weight excluding hydrogens is 242 g/mol. The standard InChI is InChI=1S/C15H19NO3/c1-11(17)14(10-16(2)3)15(18)9-12-6-5-7-13(8-12)19-4/h5-8,10H,9H2,1-4H3. The molecule has 102 valence electrons. The van der Waals surface area contributed by atoms with Crippen LogP contribution in [0.15, 0.2) is 36.0 Å². The number of benzene rings is 1. The number of hydrogen-bond acceptors (Lipinski definition) is 4. The number of allylic oxidation sites excluding steroid dienone is 1. The third-order valence-electron chi connectivity index (χ3n) is 2.57. The van der Waals surface area contributed by atoms with Crippen LogP contribution in [-0.4, -0.2) is 37.7 Å². The lowest BCUT2D eigenvalue weighted by molar-refractivity contribution is -0.120. The van der Waals surface area contributed by atoms with Crippen LogP contribution < -0.4 is 4.74 Å². The van der Waals surface area contributed by atoms with E-state index in [0.29, 0.717) is 5.75 Å². The maximum atomic E-state index is 12.1. The van der Waals surface area contributed by atoms with E-state index in [1.165, 1.54) is 6.92 Å². The second-order valence-electron chi connectivity index (χ2n) is 4.51. The molecule has 0 saturated carbocycles. The number of rotatable bonds is 6. The molecule has 0 aliphatic rings. The van der Waals surface area contributed by atoms with Gasteiger partial charge in [-0.3, -0.25) is 9.59 Å². The minimum absolute atomic E-state index is 0.186. The zero-order valence-electron chi connectivity index (χ0n) is 11.8. The molecule has 0 fully saturated rings. The van der Waals surface area contributed by atoms with Crippen molar-refractivity contribution in [2.24, 2.45) is 0 Å². The van der Waals surface area contributed by atoms with Gasteiger partial charge in [0.2, 0.25) is 0 Å². The van der Waals surface area contributed by atoms with E-state index in [0.717, 1.165) is 5.56 Å². The van der Waals surface area contributed by atoms with Crippen molar-refractivity contribution in [2.75, 3.05) is 21.2 Å². The lowest BCUT2D eigenvalue weighted by Crippen LogP contribution is -2.16. The van der Waals surface area contributed by atoms with Gasteiger partial charge in [0.15, 0.2) is 11.6 Å². The molecule has 19 heavy (non-hydrogen) atoms. The Morgan fingerprint density at radius 3 is 2.53 bits per heavy atom. The zero-order valence-corrected chi connectivity index (χ0v) is 11.8. The van der Waals surface area contributed by atoms with Gasteiger partial charge in [0, 0.05) is 26.7 Å². The Hall–Kier alpha value is -2.10. The largest absolute Gasteiger partial charge is 0.497 e. The fourth-order valence-corrected chi connectivity index (χ4v) is 1.68. The van der Waals surface area contributed by atoms with Crippen LogP contribution in [0.2, 0.25) is 0 Å². The van der Waals surface area contributed by atoms with Crippen LogP contribution in [0.1, 0.15) is 12.5 Å². The first-order chi connectivity index (χ1) is 8.93. The first-order valence-electron chi connectivity index (χ1n) is 5.99.